The van der Waals surface area contributed by atoms with Crippen LogP contribution in [-0.2, 0) is 16.0 Å². The molecule has 25 heavy (non-hydrogen) atoms. The number of fused-ring (bicyclic) bond motifs is 1. The van der Waals surface area contributed by atoms with Crippen LogP contribution in [0, 0.1) is 5.92 Å². The number of Topliss-reactive ketones (excluding diaryl/α,β-unsaturated/α-hetero) is 1. The molecular weight excluding hydrogens is 352 g/mol. The van der Waals surface area contributed by atoms with Crippen molar-refractivity contribution in [1.82, 2.24) is 9.21 Å². The smallest absolute Gasteiger partial charge is 0.242 e. The van der Waals surface area contributed by atoms with Gasteiger partial charge in [0.15, 0.2) is 0 Å². The molecule has 1 amide bonds. The molecule has 2 unspecified atom stereocenters. The Morgan fingerprint density at radius 3 is 2.84 bits per heavy atom. The number of amides is 1. The summed E-state index contributed by atoms with van der Waals surface area (Å²) in [4.78, 5) is 27.8. The van der Waals surface area contributed by atoms with Gasteiger partial charge in [-0.25, -0.2) is 4.31 Å². The van der Waals surface area contributed by atoms with Gasteiger partial charge in [0.2, 0.25) is 5.91 Å². The van der Waals surface area contributed by atoms with Gasteiger partial charge < -0.3 is 4.90 Å². The van der Waals surface area contributed by atoms with E-state index >= 15 is 0 Å². The fraction of sp³-hybridized carbons (Fsp3) is 0.579. The monoisotopic (exact) mass is 376 g/mol. The summed E-state index contributed by atoms with van der Waals surface area (Å²) in [6.07, 6.45) is 3.41. The van der Waals surface area contributed by atoms with Crippen molar-refractivity contribution in [2.75, 3.05) is 24.7 Å². The molecule has 2 saturated heterocycles. The normalized spacial score (nSPS) is 29.2. The van der Waals surface area contributed by atoms with Crippen LogP contribution in [0.1, 0.15) is 36.3 Å². The van der Waals surface area contributed by atoms with E-state index in [2.05, 4.69) is 37.1 Å². The minimum absolute atomic E-state index is 0.0858. The zero-order valence-electron chi connectivity index (χ0n) is 14.3. The lowest BCUT2D eigenvalue weighted by Gasteiger charge is -2.27. The molecule has 1 aromatic rings. The van der Waals surface area contributed by atoms with Gasteiger partial charge in [0, 0.05) is 31.2 Å². The van der Waals surface area contributed by atoms with E-state index in [1.807, 2.05) is 4.90 Å². The molecule has 134 valence electrons. The average Bonchev–Trinajstić information content (AvgIpc) is 3.34. The van der Waals surface area contributed by atoms with Crippen molar-refractivity contribution in [2.45, 2.75) is 37.6 Å². The lowest BCUT2D eigenvalue weighted by Crippen LogP contribution is -2.46. The number of hydrogen-bond acceptors (Lipinski definition) is 5. The lowest BCUT2D eigenvalue weighted by atomic mass is 9.86. The number of rotatable bonds is 4. The second-order valence-electron chi connectivity index (χ2n) is 7.25. The van der Waals surface area contributed by atoms with Gasteiger partial charge in [0.1, 0.15) is 11.8 Å². The molecule has 2 heterocycles. The van der Waals surface area contributed by atoms with Crippen molar-refractivity contribution in [3.8, 4) is 0 Å². The molecule has 4 rings (SSSR count). The maximum Gasteiger partial charge on any atom is 0.242 e. The van der Waals surface area contributed by atoms with E-state index in [-0.39, 0.29) is 23.7 Å². The van der Waals surface area contributed by atoms with Crippen molar-refractivity contribution < 1.29 is 9.59 Å². The Kier molecular flexibility index (Phi) is 5.11. The molecule has 2 aliphatic heterocycles. The Labute approximate surface area is 158 Å². The highest BCUT2D eigenvalue weighted by atomic mass is 32.2. The highest BCUT2D eigenvalue weighted by Gasteiger charge is 2.44. The van der Waals surface area contributed by atoms with Gasteiger partial charge in [-0.05, 0) is 36.3 Å². The molecule has 6 heteroatoms. The van der Waals surface area contributed by atoms with Crippen LogP contribution >= 0.6 is 24.6 Å². The molecule has 0 spiro atoms. The summed E-state index contributed by atoms with van der Waals surface area (Å²) >= 11 is 6.27. The van der Waals surface area contributed by atoms with Crippen molar-refractivity contribution in [3.05, 3.63) is 35.4 Å². The van der Waals surface area contributed by atoms with E-state index in [0.717, 1.165) is 37.4 Å². The number of thiol groups is 1. The highest BCUT2D eigenvalue weighted by molar-refractivity contribution is 7.99. The van der Waals surface area contributed by atoms with Crippen LogP contribution in [0.2, 0.25) is 0 Å². The highest BCUT2D eigenvalue weighted by Crippen LogP contribution is 2.38. The number of nitrogens with zero attached hydrogens (tertiary/aromatic N) is 2. The van der Waals surface area contributed by atoms with Gasteiger partial charge in [0.05, 0.1) is 5.88 Å². The van der Waals surface area contributed by atoms with Crippen LogP contribution in [0.3, 0.4) is 0 Å². The summed E-state index contributed by atoms with van der Waals surface area (Å²) < 4.78 is 1.79. The molecule has 1 aromatic carbocycles. The minimum Gasteiger partial charge on any atom is -0.331 e. The van der Waals surface area contributed by atoms with E-state index < -0.39 is 0 Å². The maximum atomic E-state index is 13.0. The van der Waals surface area contributed by atoms with Crippen molar-refractivity contribution in [3.63, 3.8) is 0 Å². The third-order valence-corrected chi connectivity index (χ3v) is 7.22. The molecule has 0 N–H and O–H groups in total. The fourth-order valence-corrected chi connectivity index (χ4v) is 5.77. The first-order valence-electron chi connectivity index (χ1n) is 9.07. The molecule has 3 atom stereocenters. The van der Waals surface area contributed by atoms with Crippen molar-refractivity contribution in [2.24, 2.45) is 5.92 Å². The van der Waals surface area contributed by atoms with Gasteiger partial charge in [-0.1, -0.05) is 37.1 Å². The summed E-state index contributed by atoms with van der Waals surface area (Å²) in [6, 6.07) is 8.07. The Morgan fingerprint density at radius 1 is 1.20 bits per heavy atom. The van der Waals surface area contributed by atoms with E-state index in [0.29, 0.717) is 18.9 Å². The molecule has 1 aliphatic carbocycles. The van der Waals surface area contributed by atoms with Gasteiger partial charge >= 0.3 is 0 Å². The molecule has 0 bridgehead atoms. The van der Waals surface area contributed by atoms with Crippen molar-refractivity contribution in [1.29, 1.82) is 0 Å². The zero-order valence-corrected chi connectivity index (χ0v) is 16.0. The summed E-state index contributed by atoms with van der Waals surface area (Å²) in [5.74, 6) is 2.17. The van der Waals surface area contributed by atoms with E-state index in [1.54, 1.807) is 16.1 Å². The Hall–Kier alpha value is -0.980. The number of hydrogen-bond donors (Lipinski definition) is 1. The molecular formula is C19H24N2O2S2. The quantitative estimate of drug-likeness (QED) is 0.821. The molecule has 0 radical (unpaired) electrons. The minimum atomic E-state index is -0.383. The number of thioether (sulfide) groups is 1. The molecule has 0 aromatic heterocycles. The van der Waals surface area contributed by atoms with Crippen LogP contribution in [-0.4, -0.2) is 51.7 Å². The third-order valence-electron chi connectivity index (χ3n) is 5.81. The number of ketones is 1. The van der Waals surface area contributed by atoms with Crippen LogP contribution < -0.4 is 0 Å². The van der Waals surface area contributed by atoms with Crippen molar-refractivity contribution >= 4 is 36.3 Å². The lowest BCUT2D eigenvalue weighted by molar-refractivity contribution is -0.137. The summed E-state index contributed by atoms with van der Waals surface area (Å²) in [5.41, 5.74) is 2.71. The number of aryl methyl sites for hydroxylation is 1. The standard InChI is InChI=1S/C19H24N2O2S2/c22-17(11-14-6-5-13-3-1-2-4-15(13)14)16-7-8-21(24)18(16)19(23)20-9-10-25-12-20/h1-4,14,16,18,24H,5-12H2/t14?,16?,18-/m1/s1. The zero-order chi connectivity index (χ0) is 17.4. The predicted octanol–water partition coefficient (Wildman–Crippen LogP) is 2.74. The summed E-state index contributed by atoms with van der Waals surface area (Å²) in [6.45, 7) is 1.50. The third kappa shape index (κ3) is 3.36. The van der Waals surface area contributed by atoms with Gasteiger partial charge in [-0.3, -0.25) is 9.59 Å². The first-order valence-corrected chi connectivity index (χ1v) is 10.6. The maximum absolute atomic E-state index is 13.0. The van der Waals surface area contributed by atoms with Crippen LogP contribution in [0.5, 0.6) is 0 Å². The number of carbonyl (C=O) groups is 2. The van der Waals surface area contributed by atoms with Gasteiger partial charge in [-0.15, -0.1) is 11.8 Å². The molecule has 4 nitrogen and oxygen atoms in total. The van der Waals surface area contributed by atoms with Crippen LogP contribution in [0.4, 0.5) is 0 Å². The second kappa shape index (κ2) is 7.33. The number of benzene rings is 1. The average molecular weight is 377 g/mol. The Morgan fingerprint density at radius 2 is 2.04 bits per heavy atom. The number of carbonyl (C=O) groups excluding carboxylic acids is 2. The topological polar surface area (TPSA) is 40.6 Å². The van der Waals surface area contributed by atoms with Crippen LogP contribution in [0.15, 0.2) is 24.3 Å². The predicted molar refractivity (Wildman–Crippen MR) is 104 cm³/mol. The Bertz CT molecular complexity index is 675. The van der Waals surface area contributed by atoms with E-state index in [4.69, 9.17) is 0 Å². The first kappa shape index (κ1) is 17.4. The van der Waals surface area contributed by atoms with E-state index in [9.17, 15) is 9.59 Å². The SMILES string of the molecule is O=C(CC1CCc2ccccc21)C1CCN(S)[C@H]1C(=O)N1CCSC1. The Balaban J connectivity index is 1.46. The van der Waals surface area contributed by atoms with Crippen LogP contribution in [0.25, 0.3) is 0 Å². The van der Waals surface area contributed by atoms with Gasteiger partial charge in [-0.2, -0.15) is 0 Å². The second-order valence-corrected chi connectivity index (χ2v) is 8.84. The first-order chi connectivity index (χ1) is 12.1. The fourth-order valence-electron chi connectivity index (χ4n) is 4.44. The molecule has 2 fully saturated rings. The van der Waals surface area contributed by atoms with Gasteiger partial charge in [0.25, 0.3) is 0 Å². The molecule has 0 saturated carbocycles. The van der Waals surface area contributed by atoms with E-state index in [1.165, 1.54) is 11.1 Å². The molecule has 3 aliphatic rings. The summed E-state index contributed by atoms with van der Waals surface area (Å²) in [7, 11) is 0. The summed E-state index contributed by atoms with van der Waals surface area (Å²) in [5, 5.41) is 0. The largest absolute Gasteiger partial charge is 0.331 e.